The maximum atomic E-state index is 12.1. The Morgan fingerprint density at radius 3 is 2.14 bits per heavy atom. The summed E-state index contributed by atoms with van der Waals surface area (Å²) in [6.07, 6.45) is 4.30. The van der Waals surface area contributed by atoms with Gasteiger partial charge in [-0.3, -0.25) is 10.0 Å². The standard InChI is InChI=1S/C22H26N4O2S/c27-22-21(8-4-5-13-26(22)28)23-29-20-11-9-19(10-12-20)25-16-14-24(15-17-25)18-6-2-1-3-7-18/h1-7,9-12,21,23,28H,8,13-17H2/t21-/m1/s1. The fourth-order valence-electron chi connectivity index (χ4n) is 3.60. The molecular formula is C22H26N4O2S. The molecule has 2 aliphatic rings. The molecule has 2 aromatic rings. The molecule has 0 bridgehead atoms. The predicted molar refractivity (Wildman–Crippen MR) is 117 cm³/mol. The van der Waals surface area contributed by atoms with Gasteiger partial charge in [-0.15, -0.1) is 0 Å². The topological polar surface area (TPSA) is 59.1 Å². The molecule has 29 heavy (non-hydrogen) atoms. The van der Waals surface area contributed by atoms with E-state index >= 15 is 0 Å². The zero-order valence-corrected chi connectivity index (χ0v) is 17.1. The maximum Gasteiger partial charge on any atom is 0.264 e. The van der Waals surface area contributed by atoms with Gasteiger partial charge >= 0.3 is 0 Å². The highest BCUT2D eigenvalue weighted by Crippen LogP contribution is 2.24. The Balaban J connectivity index is 1.29. The molecule has 0 aliphatic carbocycles. The molecular weight excluding hydrogens is 384 g/mol. The van der Waals surface area contributed by atoms with Crippen LogP contribution in [0.25, 0.3) is 0 Å². The summed E-state index contributed by atoms with van der Waals surface area (Å²) < 4.78 is 3.17. The van der Waals surface area contributed by atoms with Gasteiger partial charge in [0, 0.05) is 42.4 Å². The number of amides is 1. The molecule has 152 valence electrons. The number of para-hydroxylation sites is 1. The highest BCUT2D eigenvalue weighted by Gasteiger charge is 2.24. The molecule has 0 spiro atoms. The predicted octanol–water partition coefficient (Wildman–Crippen LogP) is 3.16. The second-order valence-electron chi connectivity index (χ2n) is 7.20. The van der Waals surface area contributed by atoms with Crippen LogP contribution in [0, 0.1) is 0 Å². The van der Waals surface area contributed by atoms with E-state index in [1.807, 2.05) is 6.08 Å². The van der Waals surface area contributed by atoms with Crippen molar-refractivity contribution >= 4 is 29.2 Å². The first-order chi connectivity index (χ1) is 14.2. The first kappa shape index (κ1) is 19.8. The summed E-state index contributed by atoms with van der Waals surface area (Å²) in [5, 5.41) is 10.4. The summed E-state index contributed by atoms with van der Waals surface area (Å²) in [6.45, 7) is 4.26. The summed E-state index contributed by atoms with van der Waals surface area (Å²) in [5.74, 6) is -0.296. The summed E-state index contributed by atoms with van der Waals surface area (Å²) in [4.78, 5) is 18.0. The van der Waals surface area contributed by atoms with Gasteiger partial charge in [0.25, 0.3) is 5.91 Å². The van der Waals surface area contributed by atoms with Crippen LogP contribution in [0.4, 0.5) is 11.4 Å². The van der Waals surface area contributed by atoms with Crippen LogP contribution >= 0.6 is 11.9 Å². The van der Waals surface area contributed by atoms with Crippen molar-refractivity contribution in [3.8, 4) is 0 Å². The minimum atomic E-state index is -0.422. The third-order valence-corrected chi connectivity index (χ3v) is 6.20. The molecule has 6 nitrogen and oxygen atoms in total. The van der Waals surface area contributed by atoms with Gasteiger partial charge in [0.15, 0.2) is 0 Å². The monoisotopic (exact) mass is 410 g/mol. The lowest BCUT2D eigenvalue weighted by Gasteiger charge is -2.37. The van der Waals surface area contributed by atoms with E-state index in [0.717, 1.165) is 36.1 Å². The molecule has 0 saturated carbocycles. The van der Waals surface area contributed by atoms with Gasteiger partial charge < -0.3 is 9.80 Å². The highest BCUT2D eigenvalue weighted by atomic mass is 32.2. The van der Waals surface area contributed by atoms with Crippen molar-refractivity contribution in [3.63, 3.8) is 0 Å². The van der Waals surface area contributed by atoms with Crippen molar-refractivity contribution in [1.29, 1.82) is 0 Å². The third-order valence-electron chi connectivity index (χ3n) is 5.29. The van der Waals surface area contributed by atoms with E-state index in [2.05, 4.69) is 69.1 Å². The van der Waals surface area contributed by atoms with Crippen LogP contribution < -0.4 is 14.5 Å². The van der Waals surface area contributed by atoms with Crippen molar-refractivity contribution in [2.24, 2.45) is 0 Å². The zero-order chi connectivity index (χ0) is 20.1. The molecule has 1 saturated heterocycles. The minimum absolute atomic E-state index is 0.244. The number of carbonyl (C=O) groups is 1. The van der Waals surface area contributed by atoms with Gasteiger partial charge in [0.2, 0.25) is 0 Å². The third kappa shape index (κ3) is 4.93. The molecule has 0 aromatic heterocycles. The minimum Gasteiger partial charge on any atom is -0.368 e. The Labute approximate surface area is 175 Å². The molecule has 2 heterocycles. The summed E-state index contributed by atoms with van der Waals surface area (Å²) in [5.41, 5.74) is 2.51. The van der Waals surface area contributed by atoms with E-state index in [4.69, 9.17) is 0 Å². The van der Waals surface area contributed by atoms with E-state index < -0.39 is 6.04 Å². The molecule has 1 fully saturated rings. The molecule has 2 N–H and O–H groups in total. The van der Waals surface area contributed by atoms with Crippen LogP contribution in [0.15, 0.2) is 71.6 Å². The van der Waals surface area contributed by atoms with Crippen LogP contribution in [0.1, 0.15) is 6.42 Å². The molecule has 0 radical (unpaired) electrons. The molecule has 7 heteroatoms. The van der Waals surface area contributed by atoms with Crippen LogP contribution in [-0.4, -0.2) is 54.9 Å². The largest absolute Gasteiger partial charge is 0.368 e. The summed E-state index contributed by atoms with van der Waals surface area (Å²) in [6, 6.07) is 18.6. The zero-order valence-electron chi connectivity index (χ0n) is 16.3. The normalized spacial score (nSPS) is 20.1. The van der Waals surface area contributed by atoms with Gasteiger partial charge in [0.1, 0.15) is 6.04 Å². The Kier molecular flexibility index (Phi) is 6.39. The Morgan fingerprint density at radius 2 is 1.48 bits per heavy atom. The smallest absolute Gasteiger partial charge is 0.264 e. The molecule has 1 amide bonds. The van der Waals surface area contributed by atoms with Gasteiger partial charge in [-0.05, 0) is 54.8 Å². The van der Waals surface area contributed by atoms with Crippen LogP contribution in [0.2, 0.25) is 0 Å². The maximum absolute atomic E-state index is 12.1. The number of rotatable bonds is 5. The molecule has 4 rings (SSSR count). The van der Waals surface area contributed by atoms with Crippen molar-refractivity contribution in [1.82, 2.24) is 9.79 Å². The van der Waals surface area contributed by atoms with Crippen molar-refractivity contribution in [2.75, 3.05) is 42.5 Å². The first-order valence-corrected chi connectivity index (χ1v) is 10.7. The van der Waals surface area contributed by atoms with Crippen molar-refractivity contribution < 1.29 is 10.0 Å². The van der Waals surface area contributed by atoms with E-state index in [9.17, 15) is 10.0 Å². The molecule has 2 aromatic carbocycles. The average Bonchev–Trinajstić information content (AvgIpc) is 2.94. The second kappa shape index (κ2) is 9.35. The lowest BCUT2D eigenvalue weighted by Crippen LogP contribution is -2.46. The number of piperazine rings is 1. The van der Waals surface area contributed by atoms with Crippen LogP contribution in [-0.2, 0) is 4.79 Å². The van der Waals surface area contributed by atoms with Crippen LogP contribution in [0.5, 0.6) is 0 Å². The summed E-state index contributed by atoms with van der Waals surface area (Å²) in [7, 11) is 0. The molecule has 0 unspecified atom stereocenters. The molecule has 2 aliphatic heterocycles. The quantitative estimate of drug-likeness (QED) is 0.449. The second-order valence-corrected chi connectivity index (χ2v) is 8.11. The van der Waals surface area contributed by atoms with Crippen molar-refractivity contribution in [2.45, 2.75) is 17.4 Å². The first-order valence-electron chi connectivity index (χ1n) is 9.93. The Hall–Kier alpha value is -2.48. The number of hydrogen-bond acceptors (Lipinski definition) is 6. The fraction of sp³-hybridized carbons (Fsp3) is 0.318. The fourth-order valence-corrected chi connectivity index (χ4v) is 4.35. The number of nitrogens with one attached hydrogen (secondary N) is 1. The lowest BCUT2D eigenvalue weighted by molar-refractivity contribution is -0.164. The number of hydrogen-bond donors (Lipinski definition) is 2. The number of nitrogens with zero attached hydrogens (tertiary/aromatic N) is 3. The highest BCUT2D eigenvalue weighted by molar-refractivity contribution is 7.97. The van der Waals surface area contributed by atoms with Gasteiger partial charge in [-0.25, -0.2) is 9.79 Å². The SMILES string of the molecule is O=C1[C@H](NSc2ccc(N3CCN(c4ccccc4)CC3)cc2)CC=CCN1O. The average molecular weight is 411 g/mol. The van der Waals surface area contributed by atoms with Crippen LogP contribution in [0.3, 0.4) is 0 Å². The van der Waals surface area contributed by atoms with E-state index in [1.165, 1.54) is 23.3 Å². The molecule has 1 atom stereocenters. The van der Waals surface area contributed by atoms with Gasteiger partial charge in [0.05, 0.1) is 6.54 Å². The van der Waals surface area contributed by atoms with Gasteiger partial charge in [-0.1, -0.05) is 30.4 Å². The lowest BCUT2D eigenvalue weighted by atomic mass is 10.2. The van der Waals surface area contributed by atoms with Gasteiger partial charge in [-0.2, -0.15) is 0 Å². The Morgan fingerprint density at radius 1 is 0.862 bits per heavy atom. The number of anilines is 2. The van der Waals surface area contributed by atoms with E-state index in [1.54, 1.807) is 6.08 Å². The number of hydroxylamine groups is 2. The van der Waals surface area contributed by atoms with E-state index in [0.29, 0.717) is 6.42 Å². The number of carbonyl (C=O) groups excluding carboxylic acids is 1. The van der Waals surface area contributed by atoms with Crippen molar-refractivity contribution in [3.05, 3.63) is 66.7 Å². The Bertz CT molecular complexity index is 836. The van der Waals surface area contributed by atoms with E-state index in [-0.39, 0.29) is 12.5 Å². The summed E-state index contributed by atoms with van der Waals surface area (Å²) >= 11 is 1.43. The number of benzene rings is 2.